The maximum absolute atomic E-state index is 12.8. The molecule has 2 heterocycles. The van der Waals surface area contributed by atoms with Gasteiger partial charge in [0.1, 0.15) is 5.60 Å². The van der Waals surface area contributed by atoms with Crippen LogP contribution >= 0.6 is 0 Å². The quantitative estimate of drug-likeness (QED) is 0.626. The number of alkyl halides is 3. The lowest BCUT2D eigenvalue weighted by molar-refractivity contribution is -0.127. The van der Waals surface area contributed by atoms with Crippen molar-refractivity contribution in [3.8, 4) is 6.01 Å². The Morgan fingerprint density at radius 2 is 1.81 bits per heavy atom. The van der Waals surface area contributed by atoms with E-state index in [1.807, 2.05) is 0 Å². The van der Waals surface area contributed by atoms with Crippen molar-refractivity contribution in [1.82, 2.24) is 15.0 Å². The summed E-state index contributed by atoms with van der Waals surface area (Å²) in [5.74, 6) is -0.0538. The number of hydrogen-bond donors (Lipinski definition) is 0. The number of benzene rings is 1. The summed E-state index contributed by atoms with van der Waals surface area (Å²) in [5.41, 5.74) is 0.361. The Bertz CT molecular complexity index is 906. The zero-order chi connectivity index (χ0) is 23.5. The first-order chi connectivity index (χ1) is 14.9. The predicted molar refractivity (Wildman–Crippen MR) is 110 cm³/mol. The second-order valence-electron chi connectivity index (χ2n) is 8.90. The maximum Gasteiger partial charge on any atom is 0.410 e. The van der Waals surface area contributed by atoms with E-state index in [-0.39, 0.29) is 23.4 Å². The molecular formula is C22H28F3N3O4. The smallest absolute Gasteiger partial charge is 0.410 e. The molecule has 2 atom stereocenters. The van der Waals surface area contributed by atoms with Crippen molar-refractivity contribution in [2.75, 3.05) is 19.7 Å². The summed E-state index contributed by atoms with van der Waals surface area (Å²) in [7, 11) is 0. The van der Waals surface area contributed by atoms with Gasteiger partial charge in [0.2, 0.25) is 5.89 Å². The van der Waals surface area contributed by atoms with E-state index in [1.165, 1.54) is 12.1 Å². The minimum absolute atomic E-state index is 0.130. The molecule has 1 aliphatic heterocycles. The third kappa shape index (κ3) is 6.61. The highest BCUT2D eigenvalue weighted by Crippen LogP contribution is 2.36. The van der Waals surface area contributed by atoms with E-state index in [4.69, 9.17) is 14.0 Å². The number of amides is 1. The minimum atomic E-state index is -4.26. The molecule has 1 aromatic carbocycles. The summed E-state index contributed by atoms with van der Waals surface area (Å²) in [5, 5.41) is 3.80. The molecule has 32 heavy (non-hydrogen) atoms. The van der Waals surface area contributed by atoms with E-state index in [1.54, 1.807) is 44.7 Å². The van der Waals surface area contributed by atoms with Crippen LogP contribution in [-0.4, -0.2) is 52.6 Å². The number of carbonyl (C=O) groups is 1. The summed E-state index contributed by atoms with van der Waals surface area (Å²) in [4.78, 5) is 18.6. The Hall–Kier alpha value is -2.78. The van der Waals surface area contributed by atoms with Gasteiger partial charge in [-0.25, -0.2) is 4.79 Å². The highest BCUT2D eigenvalue weighted by Gasteiger charge is 2.36. The lowest BCUT2D eigenvalue weighted by atomic mass is 9.84. The molecule has 0 aliphatic carbocycles. The number of likely N-dealkylation sites (tertiary alicyclic amines) is 1. The molecule has 2 unspecified atom stereocenters. The topological polar surface area (TPSA) is 77.7 Å². The van der Waals surface area contributed by atoms with Gasteiger partial charge in [-0.05, 0) is 50.4 Å². The second kappa shape index (κ2) is 9.38. The van der Waals surface area contributed by atoms with Gasteiger partial charge in [0.25, 0.3) is 0 Å². The number of aromatic nitrogens is 2. The monoisotopic (exact) mass is 455 g/mol. The highest BCUT2D eigenvalue weighted by atomic mass is 19.4. The largest absolute Gasteiger partial charge is 0.462 e. The molecular weight excluding hydrogens is 427 g/mol. The van der Waals surface area contributed by atoms with Crippen LogP contribution in [0.5, 0.6) is 6.01 Å². The van der Waals surface area contributed by atoms with Gasteiger partial charge in [-0.15, -0.1) is 0 Å². The van der Waals surface area contributed by atoms with Gasteiger partial charge in [0, 0.05) is 19.0 Å². The van der Waals surface area contributed by atoms with Crippen molar-refractivity contribution in [2.45, 2.75) is 64.1 Å². The van der Waals surface area contributed by atoms with Crippen LogP contribution < -0.4 is 4.74 Å². The van der Waals surface area contributed by atoms with Crippen LogP contribution in [0, 0.1) is 0 Å². The van der Waals surface area contributed by atoms with Crippen LogP contribution in [0.15, 0.2) is 28.8 Å². The van der Waals surface area contributed by atoms with E-state index in [0.29, 0.717) is 32.0 Å². The van der Waals surface area contributed by atoms with Crippen LogP contribution in [0.2, 0.25) is 0 Å². The van der Waals surface area contributed by atoms with Crippen molar-refractivity contribution in [3.05, 3.63) is 41.3 Å². The zero-order valence-electron chi connectivity index (χ0n) is 18.6. The first-order valence-electron chi connectivity index (χ1n) is 10.5. The van der Waals surface area contributed by atoms with Gasteiger partial charge in [-0.2, -0.15) is 18.2 Å². The Morgan fingerprint density at radius 3 is 2.41 bits per heavy atom. The van der Waals surface area contributed by atoms with E-state index < -0.39 is 24.3 Å². The molecule has 7 nitrogen and oxygen atoms in total. The standard InChI is InChI=1S/C22H28F3N3O4/c1-5-30-19-26-18(32-27-19)17-10-16(12-28(13-17)20(29)31-21(2,3)4)15-8-6-14(7-9-15)11-22(23,24)25/h6-9,16-17H,5,10-13H2,1-4H3. The Balaban J connectivity index is 1.82. The molecule has 1 saturated heterocycles. The average molecular weight is 455 g/mol. The molecule has 0 saturated carbocycles. The number of hydrogen-bond acceptors (Lipinski definition) is 6. The zero-order valence-corrected chi connectivity index (χ0v) is 18.6. The van der Waals surface area contributed by atoms with Crippen molar-refractivity contribution in [1.29, 1.82) is 0 Å². The van der Waals surface area contributed by atoms with E-state index in [9.17, 15) is 18.0 Å². The summed E-state index contributed by atoms with van der Waals surface area (Å²) in [6.45, 7) is 8.25. The average Bonchev–Trinajstić information content (AvgIpc) is 3.15. The first-order valence-corrected chi connectivity index (χ1v) is 10.5. The minimum Gasteiger partial charge on any atom is -0.462 e. The van der Waals surface area contributed by atoms with Gasteiger partial charge in [-0.1, -0.05) is 24.3 Å². The van der Waals surface area contributed by atoms with Crippen molar-refractivity contribution in [3.63, 3.8) is 0 Å². The molecule has 176 valence electrons. The molecule has 10 heteroatoms. The first kappa shape index (κ1) is 23.9. The normalized spacial score (nSPS) is 19.7. The second-order valence-corrected chi connectivity index (χ2v) is 8.90. The fraction of sp³-hybridized carbons (Fsp3) is 0.591. The fourth-order valence-corrected chi connectivity index (χ4v) is 3.71. The number of nitrogens with zero attached hydrogens (tertiary/aromatic N) is 3. The lowest BCUT2D eigenvalue weighted by Gasteiger charge is -2.37. The Morgan fingerprint density at radius 1 is 1.16 bits per heavy atom. The van der Waals surface area contributed by atoms with Crippen LogP contribution in [0.1, 0.15) is 63.0 Å². The van der Waals surface area contributed by atoms with Crippen LogP contribution in [0.4, 0.5) is 18.0 Å². The van der Waals surface area contributed by atoms with E-state index >= 15 is 0 Å². The van der Waals surface area contributed by atoms with Gasteiger partial charge < -0.3 is 18.9 Å². The van der Waals surface area contributed by atoms with Gasteiger partial charge in [0.15, 0.2) is 0 Å². The predicted octanol–water partition coefficient (Wildman–Crippen LogP) is 5.08. The van der Waals surface area contributed by atoms with E-state index in [2.05, 4.69) is 10.1 Å². The molecule has 0 bridgehead atoms. The highest BCUT2D eigenvalue weighted by molar-refractivity contribution is 5.68. The summed E-state index contributed by atoms with van der Waals surface area (Å²) in [6.07, 6.45) is -5.12. The molecule has 1 aromatic heterocycles. The van der Waals surface area contributed by atoms with Crippen LogP contribution in [-0.2, 0) is 11.2 Å². The number of piperidine rings is 1. The molecule has 1 aliphatic rings. The van der Waals surface area contributed by atoms with Crippen LogP contribution in [0.25, 0.3) is 0 Å². The summed E-state index contributed by atoms with van der Waals surface area (Å²) >= 11 is 0. The van der Waals surface area contributed by atoms with Crippen molar-refractivity contribution >= 4 is 6.09 Å². The van der Waals surface area contributed by atoms with Gasteiger partial charge in [0.05, 0.1) is 18.9 Å². The fourth-order valence-electron chi connectivity index (χ4n) is 3.71. The third-order valence-corrected chi connectivity index (χ3v) is 5.00. The summed E-state index contributed by atoms with van der Waals surface area (Å²) < 4.78 is 54.2. The van der Waals surface area contributed by atoms with Gasteiger partial charge >= 0.3 is 18.3 Å². The molecule has 0 N–H and O–H groups in total. The Kier molecular flexibility index (Phi) is 7.00. The molecule has 1 amide bonds. The number of ether oxygens (including phenoxy) is 2. The lowest BCUT2D eigenvalue weighted by Crippen LogP contribution is -2.45. The molecule has 0 radical (unpaired) electrons. The maximum atomic E-state index is 12.8. The van der Waals surface area contributed by atoms with Crippen molar-refractivity contribution in [2.24, 2.45) is 0 Å². The van der Waals surface area contributed by atoms with Crippen LogP contribution in [0.3, 0.4) is 0 Å². The van der Waals surface area contributed by atoms with Gasteiger partial charge in [-0.3, -0.25) is 0 Å². The van der Waals surface area contributed by atoms with Crippen molar-refractivity contribution < 1.29 is 32.0 Å². The molecule has 2 aromatic rings. The SMILES string of the molecule is CCOc1noc(C2CC(c3ccc(CC(F)(F)F)cc3)CN(C(=O)OC(C)(C)C)C2)n1. The number of halogens is 3. The molecule has 0 spiro atoms. The number of carbonyl (C=O) groups excluding carboxylic acids is 1. The molecule has 3 rings (SSSR count). The Labute approximate surface area is 184 Å². The van der Waals surface area contributed by atoms with E-state index in [0.717, 1.165) is 5.56 Å². The summed E-state index contributed by atoms with van der Waals surface area (Å²) in [6, 6.07) is 6.44. The number of rotatable bonds is 5. The molecule has 1 fully saturated rings. The third-order valence-electron chi connectivity index (χ3n) is 5.00.